The van der Waals surface area contributed by atoms with Gasteiger partial charge in [0, 0.05) is 24.1 Å². The Morgan fingerprint density at radius 1 is 1.23 bits per heavy atom. The Hall–Kier alpha value is -2.09. The van der Waals surface area contributed by atoms with Crippen LogP contribution in [-0.2, 0) is 22.5 Å². The van der Waals surface area contributed by atoms with Crippen LogP contribution in [0.1, 0.15) is 35.8 Å². The molecule has 0 aliphatic carbocycles. The summed E-state index contributed by atoms with van der Waals surface area (Å²) in [6, 6.07) is 9.91. The van der Waals surface area contributed by atoms with E-state index in [0.717, 1.165) is 43.3 Å². The molecule has 4 rings (SSSR count). The molecule has 0 spiro atoms. The molecule has 6 nitrogen and oxygen atoms in total. The number of ether oxygens (including phenoxy) is 2. The van der Waals surface area contributed by atoms with Crippen molar-refractivity contribution in [2.75, 3.05) is 13.2 Å². The molecular weight excluding hydrogens is 348 g/mol. The van der Waals surface area contributed by atoms with Crippen LogP contribution in [0.15, 0.2) is 41.9 Å². The lowest BCUT2D eigenvalue weighted by Gasteiger charge is -2.22. The van der Waals surface area contributed by atoms with E-state index in [9.17, 15) is 0 Å². The van der Waals surface area contributed by atoms with E-state index in [1.807, 2.05) is 24.3 Å². The number of thiophene rings is 1. The van der Waals surface area contributed by atoms with E-state index in [4.69, 9.17) is 14.5 Å². The van der Waals surface area contributed by atoms with Crippen molar-refractivity contribution >= 4 is 11.3 Å². The maximum absolute atomic E-state index is 5.90. The number of aromatic nitrogens is 4. The smallest absolute Gasteiger partial charge is 0.160 e. The van der Waals surface area contributed by atoms with Gasteiger partial charge in [0.1, 0.15) is 6.61 Å². The van der Waals surface area contributed by atoms with Crippen molar-refractivity contribution in [1.29, 1.82) is 0 Å². The van der Waals surface area contributed by atoms with Gasteiger partial charge < -0.3 is 9.47 Å². The fraction of sp³-hybridized carbons (Fsp3) is 0.421. The van der Waals surface area contributed by atoms with Crippen molar-refractivity contribution in [3.63, 3.8) is 0 Å². The number of rotatable bonds is 7. The van der Waals surface area contributed by atoms with Crippen LogP contribution in [0.3, 0.4) is 0 Å². The third kappa shape index (κ3) is 4.35. The molecule has 136 valence electrons. The molecule has 0 aromatic carbocycles. The highest BCUT2D eigenvalue weighted by molar-refractivity contribution is 7.09. The third-order valence-corrected chi connectivity index (χ3v) is 5.18. The van der Waals surface area contributed by atoms with Crippen molar-refractivity contribution < 1.29 is 9.47 Å². The van der Waals surface area contributed by atoms with Gasteiger partial charge in [-0.3, -0.25) is 0 Å². The van der Waals surface area contributed by atoms with Crippen LogP contribution < -0.4 is 0 Å². The summed E-state index contributed by atoms with van der Waals surface area (Å²) in [5.74, 6) is 2.31. The van der Waals surface area contributed by atoms with E-state index in [0.29, 0.717) is 13.2 Å². The molecule has 0 saturated carbocycles. The van der Waals surface area contributed by atoms with Crippen molar-refractivity contribution in [1.82, 2.24) is 19.7 Å². The molecule has 4 heterocycles. The Morgan fingerprint density at radius 2 is 2.23 bits per heavy atom. The first-order valence-electron chi connectivity index (χ1n) is 8.96. The van der Waals surface area contributed by atoms with Gasteiger partial charge in [0.15, 0.2) is 17.5 Å². The summed E-state index contributed by atoms with van der Waals surface area (Å²) in [6.45, 7) is 1.83. The molecule has 0 unspecified atom stereocenters. The van der Waals surface area contributed by atoms with Gasteiger partial charge in [-0.05, 0) is 42.8 Å². The summed E-state index contributed by atoms with van der Waals surface area (Å²) >= 11 is 1.71. The van der Waals surface area contributed by atoms with E-state index >= 15 is 0 Å². The lowest BCUT2D eigenvalue weighted by molar-refractivity contribution is -0.0460. The highest BCUT2D eigenvalue weighted by atomic mass is 32.1. The second kappa shape index (κ2) is 8.53. The van der Waals surface area contributed by atoms with E-state index in [1.165, 1.54) is 11.3 Å². The molecule has 1 atom stereocenters. The average Bonchev–Trinajstić information content (AvgIpc) is 3.34. The zero-order chi connectivity index (χ0) is 17.6. The predicted octanol–water partition coefficient (Wildman–Crippen LogP) is 3.40. The van der Waals surface area contributed by atoms with Gasteiger partial charge >= 0.3 is 0 Å². The zero-order valence-corrected chi connectivity index (χ0v) is 15.4. The maximum atomic E-state index is 5.90. The van der Waals surface area contributed by atoms with Crippen molar-refractivity contribution in [3.05, 3.63) is 58.4 Å². The van der Waals surface area contributed by atoms with Crippen molar-refractivity contribution in [2.45, 2.75) is 38.4 Å². The van der Waals surface area contributed by atoms with Crippen LogP contribution in [0.2, 0.25) is 0 Å². The fourth-order valence-electron chi connectivity index (χ4n) is 3.01. The highest BCUT2D eigenvalue weighted by Gasteiger charge is 2.17. The molecular formula is C19H22N4O2S. The van der Waals surface area contributed by atoms with E-state index in [-0.39, 0.29) is 6.10 Å². The lowest BCUT2D eigenvalue weighted by atomic mass is 10.1. The molecule has 3 aromatic heterocycles. The first kappa shape index (κ1) is 17.3. The molecule has 0 bridgehead atoms. The van der Waals surface area contributed by atoms with Crippen LogP contribution in [0.25, 0.3) is 5.82 Å². The van der Waals surface area contributed by atoms with Crippen LogP contribution >= 0.6 is 11.3 Å². The zero-order valence-electron chi connectivity index (χ0n) is 14.6. The summed E-state index contributed by atoms with van der Waals surface area (Å²) in [4.78, 5) is 10.3. The van der Waals surface area contributed by atoms with E-state index in [2.05, 4.69) is 21.5 Å². The second-order valence-electron chi connectivity index (χ2n) is 6.30. The third-order valence-electron chi connectivity index (χ3n) is 4.31. The summed E-state index contributed by atoms with van der Waals surface area (Å²) in [5.41, 5.74) is 0. The molecule has 0 N–H and O–H groups in total. The minimum atomic E-state index is 0.195. The molecule has 1 fully saturated rings. The average molecular weight is 370 g/mol. The minimum Gasteiger partial charge on any atom is -0.376 e. The van der Waals surface area contributed by atoms with Gasteiger partial charge in [0.2, 0.25) is 0 Å². The largest absolute Gasteiger partial charge is 0.376 e. The molecule has 0 amide bonds. The minimum absolute atomic E-state index is 0.195. The standard InChI is InChI=1S/C19H22N4O2S/c1-3-9-20-18(8-1)23-19(14-24-13-15-6-2-4-10-25-15)21-17(22-23)12-16-7-5-11-26-16/h1,3,5,7-9,11,15H,2,4,6,10,12-14H2/t15-/m0/s1. The van der Waals surface area contributed by atoms with Crippen LogP contribution in [0, 0.1) is 0 Å². The van der Waals surface area contributed by atoms with Crippen molar-refractivity contribution in [3.8, 4) is 5.82 Å². The first-order valence-corrected chi connectivity index (χ1v) is 9.84. The lowest BCUT2D eigenvalue weighted by Crippen LogP contribution is -2.24. The van der Waals surface area contributed by atoms with Gasteiger partial charge in [0.05, 0.1) is 12.7 Å². The van der Waals surface area contributed by atoms with Gasteiger partial charge in [-0.25, -0.2) is 9.97 Å². The SMILES string of the molecule is c1ccc(-n2nc(Cc3cccs3)nc2COC[C@@H]2CCCCO2)nc1. The number of hydrogen-bond donors (Lipinski definition) is 0. The second-order valence-corrected chi connectivity index (χ2v) is 7.34. The Kier molecular flexibility index (Phi) is 5.68. The van der Waals surface area contributed by atoms with Crippen LogP contribution in [0.4, 0.5) is 0 Å². The monoisotopic (exact) mass is 370 g/mol. The Morgan fingerprint density at radius 3 is 3.00 bits per heavy atom. The molecule has 0 radical (unpaired) electrons. The van der Waals surface area contributed by atoms with Gasteiger partial charge in [0.25, 0.3) is 0 Å². The molecule has 1 aliphatic heterocycles. The van der Waals surface area contributed by atoms with Gasteiger partial charge in [-0.1, -0.05) is 12.1 Å². The summed E-state index contributed by atoms with van der Waals surface area (Å²) in [6.07, 6.45) is 6.10. The Labute approximate surface area is 156 Å². The molecule has 3 aromatic rings. The summed E-state index contributed by atoms with van der Waals surface area (Å²) in [5, 5.41) is 6.73. The van der Waals surface area contributed by atoms with Crippen LogP contribution in [-0.4, -0.2) is 39.1 Å². The number of hydrogen-bond acceptors (Lipinski definition) is 6. The van der Waals surface area contributed by atoms with Crippen LogP contribution in [0.5, 0.6) is 0 Å². The molecule has 26 heavy (non-hydrogen) atoms. The molecule has 7 heteroatoms. The molecule has 1 saturated heterocycles. The Balaban J connectivity index is 1.48. The molecule has 1 aliphatic rings. The Bertz CT molecular complexity index is 798. The highest BCUT2D eigenvalue weighted by Crippen LogP contribution is 2.16. The van der Waals surface area contributed by atoms with Gasteiger partial charge in [-0.2, -0.15) is 4.68 Å². The van der Waals surface area contributed by atoms with Crippen molar-refractivity contribution in [2.24, 2.45) is 0 Å². The van der Waals surface area contributed by atoms with E-state index in [1.54, 1.807) is 22.2 Å². The quantitative estimate of drug-likeness (QED) is 0.638. The summed E-state index contributed by atoms with van der Waals surface area (Å²) in [7, 11) is 0. The van der Waals surface area contributed by atoms with E-state index < -0.39 is 0 Å². The first-order chi connectivity index (χ1) is 12.9. The predicted molar refractivity (Wildman–Crippen MR) is 99.5 cm³/mol. The normalized spacial score (nSPS) is 17.5. The van der Waals surface area contributed by atoms with Gasteiger partial charge in [-0.15, -0.1) is 16.4 Å². The topological polar surface area (TPSA) is 62.1 Å². The number of pyridine rings is 1. The summed E-state index contributed by atoms with van der Waals surface area (Å²) < 4.78 is 13.4. The maximum Gasteiger partial charge on any atom is 0.160 e. The fourth-order valence-corrected chi connectivity index (χ4v) is 3.71. The number of nitrogens with zero attached hydrogens (tertiary/aromatic N) is 4.